The van der Waals surface area contributed by atoms with Crippen molar-refractivity contribution in [3.05, 3.63) is 78.9 Å². The summed E-state index contributed by atoms with van der Waals surface area (Å²) in [6.45, 7) is 6.50. The lowest BCUT2D eigenvalue weighted by atomic mass is 10.1. The molecule has 6 rings (SSSR count). The van der Waals surface area contributed by atoms with Crippen molar-refractivity contribution in [1.29, 1.82) is 0 Å². The van der Waals surface area contributed by atoms with Crippen molar-refractivity contribution in [2.24, 2.45) is 0 Å². The fourth-order valence-corrected chi connectivity index (χ4v) is 4.96. The lowest BCUT2D eigenvalue weighted by molar-refractivity contribution is 0.122. The van der Waals surface area contributed by atoms with Gasteiger partial charge in [0.15, 0.2) is 0 Å². The Bertz CT molecular complexity index is 1540. The Morgan fingerprint density at radius 2 is 1.87 bits per heavy atom. The first-order chi connectivity index (χ1) is 18.5. The summed E-state index contributed by atoms with van der Waals surface area (Å²) < 4.78 is 15.4. The van der Waals surface area contributed by atoms with Crippen LogP contribution in [-0.2, 0) is 6.54 Å². The molecule has 0 spiro atoms. The summed E-state index contributed by atoms with van der Waals surface area (Å²) in [6.07, 6.45) is 10.8. The summed E-state index contributed by atoms with van der Waals surface area (Å²) in [5.41, 5.74) is 5.20. The van der Waals surface area contributed by atoms with Gasteiger partial charge in [-0.25, -0.2) is 14.4 Å². The van der Waals surface area contributed by atoms with Gasteiger partial charge in [-0.1, -0.05) is 12.1 Å². The molecule has 0 amide bonds. The molecule has 0 radical (unpaired) electrons. The van der Waals surface area contributed by atoms with Crippen molar-refractivity contribution in [1.82, 2.24) is 34.6 Å². The Balaban J connectivity index is 1.19. The number of β-amino-alcohol motifs (C(OH)–C–C–N with tert-alkyl or cyclic N) is 1. The molecule has 5 heterocycles. The van der Waals surface area contributed by atoms with Crippen LogP contribution in [0.15, 0.2) is 67.5 Å². The minimum atomic E-state index is -0.316. The Hall–Kier alpha value is -4.15. The Morgan fingerprint density at radius 1 is 1.00 bits per heavy atom. The van der Waals surface area contributed by atoms with Crippen LogP contribution in [-0.4, -0.2) is 78.6 Å². The number of halogens is 1. The molecule has 5 aromatic rings. The third-order valence-electron chi connectivity index (χ3n) is 6.86. The van der Waals surface area contributed by atoms with Crippen LogP contribution in [0, 0.1) is 5.82 Å². The monoisotopic (exact) mass is 512 g/mol. The number of nitrogens with zero attached hydrogens (tertiary/aromatic N) is 7. The van der Waals surface area contributed by atoms with E-state index in [1.54, 1.807) is 23.1 Å². The standard InChI is InChI=1S/C28H29FN8O/c1-19(38)16-35-5-7-36(8-6-35)27-15-30-26(14-31-27)21-10-24-25(13-33-28(24)32-11-21)22-12-34-37(18-22)17-20-3-2-4-23(29)9-20/h2-4,9-15,18-19,38H,5-8,16-17H2,1H3,(H,32,33)/t19-/m0/s1. The van der Waals surface area contributed by atoms with Crippen LogP contribution in [0.4, 0.5) is 10.2 Å². The molecule has 10 heteroatoms. The Labute approximate surface area is 219 Å². The number of aliphatic hydroxyl groups excluding tert-OH is 1. The number of aliphatic hydroxyl groups is 1. The van der Waals surface area contributed by atoms with Crippen molar-refractivity contribution < 1.29 is 9.50 Å². The van der Waals surface area contributed by atoms with E-state index in [4.69, 9.17) is 0 Å². The lowest BCUT2D eigenvalue weighted by Crippen LogP contribution is -2.48. The first kappa shape index (κ1) is 24.2. The Morgan fingerprint density at radius 3 is 2.63 bits per heavy atom. The van der Waals surface area contributed by atoms with Gasteiger partial charge in [-0.3, -0.25) is 14.6 Å². The number of nitrogens with one attached hydrogen (secondary N) is 1. The van der Waals surface area contributed by atoms with E-state index < -0.39 is 0 Å². The van der Waals surface area contributed by atoms with Gasteiger partial charge in [0.2, 0.25) is 0 Å². The SMILES string of the molecule is C[C@H](O)CN1CCN(c2cnc(-c3cnc4[nH]cc(-c5cnn(Cc6cccc(F)c6)c5)c4c3)cn2)CC1. The van der Waals surface area contributed by atoms with Gasteiger partial charge in [0, 0.05) is 73.4 Å². The number of benzene rings is 1. The molecular formula is C28H29FN8O. The van der Waals surface area contributed by atoms with Crippen LogP contribution in [0.2, 0.25) is 0 Å². The van der Waals surface area contributed by atoms with E-state index in [1.165, 1.54) is 12.1 Å². The summed E-state index contributed by atoms with van der Waals surface area (Å²) >= 11 is 0. The van der Waals surface area contributed by atoms with Crippen LogP contribution >= 0.6 is 0 Å². The summed E-state index contributed by atoms with van der Waals surface area (Å²) in [5, 5.41) is 15.1. The fraction of sp³-hybridized carbons (Fsp3) is 0.286. The fourth-order valence-electron chi connectivity index (χ4n) is 4.96. The molecule has 4 aromatic heterocycles. The summed E-state index contributed by atoms with van der Waals surface area (Å²) in [5.74, 6) is 0.601. The number of rotatable bonds is 7. The molecular weight excluding hydrogens is 483 g/mol. The summed E-state index contributed by atoms with van der Waals surface area (Å²) in [7, 11) is 0. The highest BCUT2D eigenvalue weighted by molar-refractivity contribution is 5.95. The summed E-state index contributed by atoms with van der Waals surface area (Å²) in [6, 6.07) is 8.62. The number of hydrogen-bond acceptors (Lipinski definition) is 7. The first-order valence-corrected chi connectivity index (χ1v) is 12.7. The maximum atomic E-state index is 13.6. The molecule has 2 N–H and O–H groups in total. The van der Waals surface area contributed by atoms with Crippen LogP contribution in [0.3, 0.4) is 0 Å². The van der Waals surface area contributed by atoms with Gasteiger partial charge in [-0.2, -0.15) is 5.10 Å². The number of pyridine rings is 1. The molecule has 9 nitrogen and oxygen atoms in total. The van der Waals surface area contributed by atoms with Gasteiger partial charge in [-0.15, -0.1) is 0 Å². The molecule has 0 bridgehead atoms. The number of fused-ring (bicyclic) bond motifs is 1. The topological polar surface area (TPSA) is 99.0 Å². The zero-order valence-corrected chi connectivity index (χ0v) is 21.1. The van der Waals surface area contributed by atoms with Crippen LogP contribution < -0.4 is 4.90 Å². The average molecular weight is 513 g/mol. The van der Waals surface area contributed by atoms with Crippen LogP contribution in [0.1, 0.15) is 12.5 Å². The molecule has 1 aliphatic rings. The van der Waals surface area contributed by atoms with Gasteiger partial charge in [0.05, 0.1) is 36.9 Å². The van der Waals surface area contributed by atoms with Gasteiger partial charge < -0.3 is 15.0 Å². The van der Waals surface area contributed by atoms with Crippen molar-refractivity contribution in [2.45, 2.75) is 19.6 Å². The number of anilines is 1. The molecule has 1 fully saturated rings. The van der Waals surface area contributed by atoms with E-state index in [-0.39, 0.29) is 11.9 Å². The average Bonchev–Trinajstić information content (AvgIpc) is 3.55. The number of piperazine rings is 1. The second kappa shape index (κ2) is 10.3. The highest BCUT2D eigenvalue weighted by Crippen LogP contribution is 2.30. The smallest absolute Gasteiger partial charge is 0.147 e. The second-order valence-corrected chi connectivity index (χ2v) is 9.78. The van der Waals surface area contributed by atoms with Crippen LogP contribution in [0.25, 0.3) is 33.4 Å². The largest absolute Gasteiger partial charge is 0.392 e. The van der Waals surface area contributed by atoms with Crippen molar-refractivity contribution >= 4 is 16.9 Å². The molecule has 1 aromatic carbocycles. The molecule has 0 aliphatic carbocycles. The molecule has 38 heavy (non-hydrogen) atoms. The zero-order chi connectivity index (χ0) is 26.1. The highest BCUT2D eigenvalue weighted by Gasteiger charge is 2.19. The van der Waals surface area contributed by atoms with Crippen molar-refractivity contribution in [3.8, 4) is 22.4 Å². The van der Waals surface area contributed by atoms with E-state index in [1.807, 2.05) is 37.8 Å². The first-order valence-electron chi connectivity index (χ1n) is 12.7. The quantitative estimate of drug-likeness (QED) is 0.344. The number of aromatic amines is 1. The van der Waals surface area contributed by atoms with E-state index in [9.17, 15) is 9.50 Å². The third-order valence-corrected chi connectivity index (χ3v) is 6.86. The molecule has 1 aliphatic heterocycles. The molecule has 194 valence electrons. The van der Waals surface area contributed by atoms with Gasteiger partial charge in [0.25, 0.3) is 0 Å². The molecule has 0 saturated carbocycles. The molecule has 0 unspecified atom stereocenters. The van der Waals surface area contributed by atoms with E-state index in [2.05, 4.69) is 40.9 Å². The molecule has 1 atom stereocenters. The second-order valence-electron chi connectivity index (χ2n) is 9.78. The number of H-pyrrole nitrogens is 1. The minimum absolute atomic E-state index is 0.253. The van der Waals surface area contributed by atoms with Crippen molar-refractivity contribution in [3.63, 3.8) is 0 Å². The summed E-state index contributed by atoms with van der Waals surface area (Å²) in [4.78, 5) is 21.7. The predicted molar refractivity (Wildman–Crippen MR) is 144 cm³/mol. The maximum absolute atomic E-state index is 13.6. The third kappa shape index (κ3) is 5.13. The van der Waals surface area contributed by atoms with Gasteiger partial charge in [-0.05, 0) is 30.7 Å². The van der Waals surface area contributed by atoms with Gasteiger partial charge in [0.1, 0.15) is 17.3 Å². The lowest BCUT2D eigenvalue weighted by Gasteiger charge is -2.35. The van der Waals surface area contributed by atoms with Gasteiger partial charge >= 0.3 is 0 Å². The minimum Gasteiger partial charge on any atom is -0.392 e. The Kier molecular flexibility index (Phi) is 6.57. The van der Waals surface area contributed by atoms with E-state index >= 15 is 0 Å². The van der Waals surface area contributed by atoms with Crippen LogP contribution in [0.5, 0.6) is 0 Å². The predicted octanol–water partition coefficient (Wildman–Crippen LogP) is 3.57. The van der Waals surface area contributed by atoms with E-state index in [0.29, 0.717) is 13.1 Å². The molecule has 1 saturated heterocycles. The van der Waals surface area contributed by atoms with E-state index in [0.717, 1.165) is 71.0 Å². The zero-order valence-electron chi connectivity index (χ0n) is 21.1. The normalized spacial score (nSPS) is 15.3. The maximum Gasteiger partial charge on any atom is 0.147 e. The number of aromatic nitrogens is 6. The van der Waals surface area contributed by atoms with Crippen molar-refractivity contribution in [2.75, 3.05) is 37.6 Å². The number of hydrogen-bond donors (Lipinski definition) is 2. The highest BCUT2D eigenvalue weighted by atomic mass is 19.1.